The Morgan fingerprint density at radius 2 is 1.71 bits per heavy atom. The molecule has 3 rings (SSSR count). The molecule has 0 bridgehead atoms. The van der Waals surface area contributed by atoms with Gasteiger partial charge in [-0.25, -0.2) is 9.69 Å². The van der Waals surface area contributed by atoms with E-state index in [0.29, 0.717) is 14.8 Å². The minimum Gasteiger partial charge on any atom is -0.504 e. The van der Waals surface area contributed by atoms with Crippen molar-refractivity contribution in [2.75, 3.05) is 12.0 Å². The topological polar surface area (TPSA) is 95.9 Å². The first-order valence-electron chi connectivity index (χ1n) is 8.27. The molecule has 144 valence electrons. The Kier molecular flexibility index (Phi) is 5.41. The van der Waals surface area contributed by atoms with E-state index in [9.17, 15) is 19.5 Å². The maximum atomic E-state index is 13.0. The van der Waals surface area contributed by atoms with E-state index in [1.165, 1.54) is 19.3 Å². The van der Waals surface area contributed by atoms with Gasteiger partial charge in [-0.05, 0) is 83.5 Å². The molecule has 1 fully saturated rings. The number of nitrogens with one attached hydrogen (secondary N) is 1. The van der Waals surface area contributed by atoms with Crippen molar-refractivity contribution in [3.05, 3.63) is 56.2 Å². The average molecular weight is 492 g/mol. The smallest absolute Gasteiger partial charge is 0.335 e. The van der Waals surface area contributed by atoms with E-state index in [1.54, 1.807) is 18.2 Å². The number of imide groups is 2. The lowest BCUT2D eigenvalue weighted by atomic mass is 10.1. The standard InChI is InChI=1S/C20H17IN2O5/c1-10-4-11(2)6-13(5-10)23-19(26)14(18(25)22-20(23)27)7-12-8-15(21)17(24)16(9-12)28-3/h4-9,24H,1-3H3,(H,22,25,27)/b14-7+. The molecule has 1 aliphatic heterocycles. The number of ether oxygens (including phenoxy) is 1. The quantitative estimate of drug-likeness (QED) is 0.390. The second-order valence-corrected chi connectivity index (χ2v) is 7.52. The van der Waals surface area contributed by atoms with Crippen LogP contribution >= 0.6 is 22.6 Å². The summed E-state index contributed by atoms with van der Waals surface area (Å²) in [5.74, 6) is -1.32. The number of phenols is 1. The number of carbonyl (C=O) groups excluding carboxylic acids is 3. The molecule has 4 amide bonds. The summed E-state index contributed by atoms with van der Waals surface area (Å²) in [6.07, 6.45) is 1.36. The molecule has 0 spiro atoms. The summed E-state index contributed by atoms with van der Waals surface area (Å²) in [6, 6.07) is 7.62. The third kappa shape index (κ3) is 3.72. The predicted octanol–water partition coefficient (Wildman–Crippen LogP) is 3.29. The van der Waals surface area contributed by atoms with Crippen LogP contribution in [0.15, 0.2) is 35.9 Å². The molecule has 0 unspecified atom stereocenters. The van der Waals surface area contributed by atoms with Crippen LogP contribution < -0.4 is 15.0 Å². The molecular weight excluding hydrogens is 475 g/mol. The highest BCUT2D eigenvalue weighted by Crippen LogP contribution is 2.33. The van der Waals surface area contributed by atoms with Crippen LogP contribution in [0.4, 0.5) is 10.5 Å². The zero-order valence-electron chi connectivity index (χ0n) is 15.4. The van der Waals surface area contributed by atoms with Crippen LogP contribution in [0.25, 0.3) is 6.08 Å². The van der Waals surface area contributed by atoms with Crippen molar-refractivity contribution >= 4 is 52.2 Å². The third-order valence-corrected chi connectivity index (χ3v) is 4.97. The number of amides is 4. The number of methoxy groups -OCH3 is 1. The molecule has 8 heteroatoms. The second kappa shape index (κ2) is 7.63. The van der Waals surface area contributed by atoms with Gasteiger partial charge in [0.15, 0.2) is 11.5 Å². The first kappa shape index (κ1) is 19.9. The van der Waals surface area contributed by atoms with Crippen LogP contribution in [0.3, 0.4) is 0 Å². The fourth-order valence-corrected chi connectivity index (χ4v) is 3.60. The summed E-state index contributed by atoms with van der Waals surface area (Å²) in [6.45, 7) is 3.71. The zero-order valence-corrected chi connectivity index (χ0v) is 17.5. The molecule has 2 aromatic carbocycles. The van der Waals surface area contributed by atoms with Crippen molar-refractivity contribution in [1.29, 1.82) is 0 Å². The average Bonchev–Trinajstić information content (AvgIpc) is 2.60. The Hall–Kier alpha value is -2.88. The number of urea groups is 1. The second-order valence-electron chi connectivity index (χ2n) is 6.36. The van der Waals surface area contributed by atoms with Crippen LogP contribution in [0.1, 0.15) is 16.7 Å². The number of hydrogen-bond donors (Lipinski definition) is 2. The SMILES string of the molecule is COc1cc(/C=C2\C(=O)NC(=O)N(c3cc(C)cc(C)c3)C2=O)cc(I)c1O. The fraction of sp³-hybridized carbons (Fsp3) is 0.150. The molecule has 2 N–H and O–H groups in total. The maximum absolute atomic E-state index is 13.0. The summed E-state index contributed by atoms with van der Waals surface area (Å²) in [5.41, 5.74) is 2.44. The van der Waals surface area contributed by atoms with Crippen molar-refractivity contribution in [2.45, 2.75) is 13.8 Å². The molecule has 1 heterocycles. The van der Waals surface area contributed by atoms with Crippen molar-refractivity contribution in [1.82, 2.24) is 5.32 Å². The molecule has 28 heavy (non-hydrogen) atoms. The van der Waals surface area contributed by atoms with Crippen LogP contribution in [0.5, 0.6) is 11.5 Å². The molecule has 0 aliphatic carbocycles. The Balaban J connectivity index is 2.07. The van der Waals surface area contributed by atoms with Crippen LogP contribution in [-0.4, -0.2) is 30.1 Å². The van der Waals surface area contributed by atoms with Crippen LogP contribution in [-0.2, 0) is 9.59 Å². The number of rotatable bonds is 3. The number of carbonyl (C=O) groups is 3. The van der Waals surface area contributed by atoms with Gasteiger partial charge in [-0.1, -0.05) is 6.07 Å². The van der Waals surface area contributed by atoms with E-state index >= 15 is 0 Å². The van der Waals surface area contributed by atoms with Gasteiger partial charge in [0.1, 0.15) is 5.57 Å². The number of aromatic hydroxyl groups is 1. The number of phenolic OH excluding ortho intramolecular Hbond substituents is 1. The molecule has 1 saturated heterocycles. The Labute approximate surface area is 175 Å². The van der Waals surface area contributed by atoms with Crippen molar-refractivity contribution in [3.63, 3.8) is 0 Å². The largest absolute Gasteiger partial charge is 0.504 e. The van der Waals surface area contributed by atoms with Gasteiger partial charge in [0.2, 0.25) is 0 Å². The maximum Gasteiger partial charge on any atom is 0.335 e. The number of nitrogens with zero attached hydrogens (tertiary/aromatic N) is 1. The molecule has 0 atom stereocenters. The molecule has 7 nitrogen and oxygen atoms in total. The van der Waals surface area contributed by atoms with E-state index < -0.39 is 17.8 Å². The number of anilines is 1. The highest BCUT2D eigenvalue weighted by atomic mass is 127. The number of barbiturate groups is 1. The Bertz CT molecular complexity index is 1020. The summed E-state index contributed by atoms with van der Waals surface area (Å²) >= 11 is 1.92. The fourth-order valence-electron chi connectivity index (χ4n) is 2.97. The van der Waals surface area contributed by atoms with Gasteiger partial charge in [-0.15, -0.1) is 0 Å². The van der Waals surface area contributed by atoms with Gasteiger partial charge in [0.05, 0.1) is 16.4 Å². The van der Waals surface area contributed by atoms with Gasteiger partial charge in [-0.3, -0.25) is 14.9 Å². The van der Waals surface area contributed by atoms with E-state index in [0.717, 1.165) is 16.0 Å². The summed E-state index contributed by atoms with van der Waals surface area (Å²) < 4.78 is 5.60. The van der Waals surface area contributed by atoms with E-state index in [4.69, 9.17) is 4.74 Å². The summed E-state index contributed by atoms with van der Waals surface area (Å²) in [7, 11) is 1.40. The van der Waals surface area contributed by atoms with Crippen LogP contribution in [0.2, 0.25) is 0 Å². The minimum atomic E-state index is -0.796. The summed E-state index contributed by atoms with van der Waals surface area (Å²) in [4.78, 5) is 38.5. The molecule has 0 radical (unpaired) electrons. The lowest BCUT2D eigenvalue weighted by Crippen LogP contribution is -2.54. The normalized spacial score (nSPS) is 15.8. The molecule has 2 aromatic rings. The molecule has 0 saturated carbocycles. The van der Waals surface area contributed by atoms with Gasteiger partial charge in [-0.2, -0.15) is 0 Å². The number of hydrogen-bond acceptors (Lipinski definition) is 5. The highest BCUT2D eigenvalue weighted by molar-refractivity contribution is 14.1. The van der Waals surface area contributed by atoms with E-state index in [-0.39, 0.29) is 17.1 Å². The van der Waals surface area contributed by atoms with Gasteiger partial charge in [0.25, 0.3) is 11.8 Å². The van der Waals surface area contributed by atoms with Gasteiger partial charge in [0, 0.05) is 0 Å². The van der Waals surface area contributed by atoms with Crippen LogP contribution in [0, 0.1) is 17.4 Å². The monoisotopic (exact) mass is 492 g/mol. The van der Waals surface area contributed by atoms with Crippen molar-refractivity contribution < 1.29 is 24.2 Å². The molecule has 0 aromatic heterocycles. The number of aryl methyl sites for hydroxylation is 2. The zero-order chi connectivity index (χ0) is 20.6. The third-order valence-electron chi connectivity index (χ3n) is 4.15. The molecule has 1 aliphatic rings. The Morgan fingerprint density at radius 1 is 1.07 bits per heavy atom. The first-order valence-corrected chi connectivity index (χ1v) is 9.35. The minimum absolute atomic E-state index is 0.0308. The number of halogens is 1. The number of benzene rings is 2. The van der Waals surface area contributed by atoms with E-state index in [2.05, 4.69) is 5.32 Å². The van der Waals surface area contributed by atoms with Crippen molar-refractivity contribution in [2.24, 2.45) is 0 Å². The van der Waals surface area contributed by atoms with E-state index in [1.807, 2.05) is 42.5 Å². The predicted molar refractivity (Wildman–Crippen MR) is 112 cm³/mol. The lowest BCUT2D eigenvalue weighted by Gasteiger charge is -2.27. The lowest BCUT2D eigenvalue weighted by molar-refractivity contribution is -0.122. The molecular formula is C20H17IN2O5. The Morgan fingerprint density at radius 3 is 2.32 bits per heavy atom. The van der Waals surface area contributed by atoms with Gasteiger partial charge < -0.3 is 9.84 Å². The first-order chi connectivity index (χ1) is 13.2. The highest BCUT2D eigenvalue weighted by Gasteiger charge is 2.37. The summed E-state index contributed by atoms with van der Waals surface area (Å²) in [5, 5.41) is 12.2. The van der Waals surface area contributed by atoms with Crippen molar-refractivity contribution in [3.8, 4) is 11.5 Å². The van der Waals surface area contributed by atoms with Gasteiger partial charge >= 0.3 is 6.03 Å².